The third kappa shape index (κ3) is 6.87. The van der Waals surface area contributed by atoms with Crippen molar-refractivity contribution in [2.75, 3.05) is 10.7 Å². The molecule has 232 valence electrons. The minimum absolute atomic E-state index is 0.0857. The highest BCUT2D eigenvalue weighted by molar-refractivity contribution is 8.14. The standard InChI is InChI=1S/C31H27F4N7OS2/c1-3-26(38-39-29(44)37-30-42-23(16-45-30)14-18(2)25-13-8-21(32)15-27(25)42)19-4-6-20(7-5-19)28-36-17-41(40-28)22-9-11-24(12-10-22)43-31(33,34)35/h4-15,17-18,26,38H,3,16H2,1-2H3,(H,39,44)/b37-30-. The molecule has 0 saturated carbocycles. The second-order valence-corrected chi connectivity index (χ2v) is 11.7. The lowest BCUT2D eigenvalue weighted by molar-refractivity contribution is -0.274. The third-order valence-electron chi connectivity index (χ3n) is 7.35. The largest absolute Gasteiger partial charge is 0.573 e. The van der Waals surface area contributed by atoms with Gasteiger partial charge in [-0.15, -0.1) is 18.3 Å². The summed E-state index contributed by atoms with van der Waals surface area (Å²) in [4.78, 5) is 11.0. The highest BCUT2D eigenvalue weighted by Gasteiger charge is 2.33. The summed E-state index contributed by atoms with van der Waals surface area (Å²) in [6.45, 7) is 4.14. The molecule has 3 aromatic carbocycles. The van der Waals surface area contributed by atoms with Gasteiger partial charge in [0.25, 0.3) is 0 Å². The topological polar surface area (TPSA) is 79.6 Å². The van der Waals surface area contributed by atoms with Crippen molar-refractivity contribution in [2.45, 2.75) is 38.6 Å². The van der Waals surface area contributed by atoms with Gasteiger partial charge in [-0.05, 0) is 66.2 Å². The summed E-state index contributed by atoms with van der Waals surface area (Å²) >= 11 is 7.09. The van der Waals surface area contributed by atoms with Crippen LogP contribution in [0.5, 0.6) is 5.75 Å². The first-order valence-corrected chi connectivity index (χ1v) is 15.4. The lowest BCUT2D eigenvalue weighted by atomic mass is 9.94. The monoisotopic (exact) mass is 653 g/mol. The van der Waals surface area contributed by atoms with Crippen molar-refractivity contribution in [3.8, 4) is 22.8 Å². The number of benzene rings is 3. The average molecular weight is 654 g/mol. The number of ether oxygens (including phenoxy) is 1. The van der Waals surface area contributed by atoms with Gasteiger partial charge in [0.1, 0.15) is 17.9 Å². The Morgan fingerprint density at radius 3 is 2.60 bits per heavy atom. The molecule has 2 atom stereocenters. The van der Waals surface area contributed by atoms with Gasteiger partial charge in [-0.25, -0.2) is 19.5 Å². The van der Waals surface area contributed by atoms with Gasteiger partial charge in [-0.2, -0.15) is 4.99 Å². The fraction of sp³-hybridized carbons (Fsp3) is 0.226. The number of hydrogen-bond donors (Lipinski definition) is 2. The van der Waals surface area contributed by atoms with E-state index >= 15 is 0 Å². The van der Waals surface area contributed by atoms with Gasteiger partial charge in [0.15, 0.2) is 11.0 Å². The lowest BCUT2D eigenvalue weighted by Gasteiger charge is -2.29. The molecule has 3 heterocycles. The second-order valence-electron chi connectivity index (χ2n) is 10.4. The van der Waals surface area contributed by atoms with Crippen molar-refractivity contribution >= 4 is 39.9 Å². The molecule has 0 spiro atoms. The molecule has 1 aromatic heterocycles. The van der Waals surface area contributed by atoms with Crippen molar-refractivity contribution in [3.05, 3.63) is 102 Å². The predicted octanol–water partition coefficient (Wildman–Crippen LogP) is 7.41. The van der Waals surface area contributed by atoms with Crippen LogP contribution in [0.3, 0.4) is 0 Å². The Balaban J connectivity index is 1.09. The molecule has 0 amide bonds. The molecule has 2 aliphatic rings. The Hall–Kier alpha value is -4.27. The quantitative estimate of drug-likeness (QED) is 0.121. The average Bonchev–Trinajstić information content (AvgIpc) is 3.65. The number of nitrogens with one attached hydrogen (secondary N) is 2. The number of allylic oxidation sites excluding steroid dienone is 1. The summed E-state index contributed by atoms with van der Waals surface area (Å²) in [5, 5.41) is 5.41. The molecule has 1 saturated heterocycles. The number of hydrogen-bond acceptors (Lipinski definition) is 6. The van der Waals surface area contributed by atoms with Gasteiger partial charge in [0, 0.05) is 22.9 Å². The molecule has 1 fully saturated rings. The first kappa shape index (κ1) is 30.7. The number of nitrogens with zero attached hydrogens (tertiary/aromatic N) is 5. The van der Waals surface area contributed by atoms with Crippen LogP contribution in [-0.4, -0.2) is 37.2 Å². The number of hydrazine groups is 1. The van der Waals surface area contributed by atoms with Gasteiger partial charge in [0.05, 0.1) is 17.4 Å². The molecule has 4 aromatic rings. The maximum Gasteiger partial charge on any atom is 0.573 e. The molecule has 0 aliphatic carbocycles. The minimum Gasteiger partial charge on any atom is -0.406 e. The predicted molar refractivity (Wildman–Crippen MR) is 171 cm³/mol. The summed E-state index contributed by atoms with van der Waals surface area (Å²) in [7, 11) is 0. The molecule has 0 radical (unpaired) electrons. The summed E-state index contributed by atoms with van der Waals surface area (Å²) in [6.07, 6.45) is -0.330. The van der Waals surface area contributed by atoms with Crippen LogP contribution in [0.4, 0.5) is 23.2 Å². The zero-order valence-corrected chi connectivity index (χ0v) is 25.7. The van der Waals surface area contributed by atoms with Crippen LogP contribution in [-0.2, 0) is 0 Å². The Kier molecular flexibility index (Phi) is 8.62. The number of thiocarbonyl (C=S) groups is 1. The Morgan fingerprint density at radius 1 is 1.13 bits per heavy atom. The zero-order chi connectivity index (χ0) is 31.7. The molecule has 2 aliphatic heterocycles. The fourth-order valence-electron chi connectivity index (χ4n) is 5.20. The van der Waals surface area contributed by atoms with E-state index in [0.717, 1.165) is 40.2 Å². The summed E-state index contributed by atoms with van der Waals surface area (Å²) in [5.41, 5.74) is 11.5. The van der Waals surface area contributed by atoms with Crippen LogP contribution in [0, 0.1) is 5.82 Å². The van der Waals surface area contributed by atoms with Crippen LogP contribution >= 0.6 is 24.0 Å². The molecule has 45 heavy (non-hydrogen) atoms. The van der Waals surface area contributed by atoms with E-state index in [1.807, 2.05) is 42.2 Å². The zero-order valence-electron chi connectivity index (χ0n) is 24.0. The normalized spacial score (nSPS) is 17.5. The summed E-state index contributed by atoms with van der Waals surface area (Å²) < 4.78 is 56.9. The molecule has 2 N–H and O–H groups in total. The van der Waals surface area contributed by atoms with E-state index in [1.165, 1.54) is 41.3 Å². The van der Waals surface area contributed by atoms with Crippen molar-refractivity contribution in [3.63, 3.8) is 0 Å². The summed E-state index contributed by atoms with van der Waals surface area (Å²) in [6, 6.07) is 17.8. The Morgan fingerprint density at radius 2 is 1.89 bits per heavy atom. The molecule has 6 rings (SSSR count). The van der Waals surface area contributed by atoms with E-state index in [2.05, 4.69) is 43.7 Å². The number of aliphatic imine (C=N–C) groups is 1. The Bertz CT molecular complexity index is 1770. The van der Waals surface area contributed by atoms with Crippen LogP contribution < -0.4 is 20.5 Å². The minimum atomic E-state index is -4.75. The van der Waals surface area contributed by atoms with Crippen LogP contribution in [0.15, 0.2) is 89.8 Å². The van der Waals surface area contributed by atoms with E-state index < -0.39 is 6.36 Å². The molecule has 0 bridgehead atoms. The van der Waals surface area contributed by atoms with Gasteiger partial charge in [0.2, 0.25) is 5.11 Å². The SMILES string of the molecule is CCC(NNC(=S)/N=C1\SCC2=CC(C)c3ccc(F)cc3N21)c1ccc(-c2ncn(-c3ccc(OC(F)(F)F)cc3)n2)cc1. The summed E-state index contributed by atoms with van der Waals surface area (Å²) in [5.74, 6) is 0.769. The number of anilines is 1. The molecule has 14 heteroatoms. The van der Waals surface area contributed by atoms with E-state index in [-0.39, 0.29) is 28.6 Å². The van der Waals surface area contributed by atoms with E-state index in [1.54, 1.807) is 17.8 Å². The van der Waals surface area contributed by atoms with Gasteiger partial charge >= 0.3 is 6.36 Å². The number of alkyl halides is 3. The fourth-order valence-corrected chi connectivity index (χ4v) is 6.40. The smallest absolute Gasteiger partial charge is 0.406 e. The molecule has 8 nitrogen and oxygen atoms in total. The number of thioether (sulfide) groups is 1. The van der Waals surface area contributed by atoms with Crippen molar-refractivity contribution in [1.29, 1.82) is 0 Å². The van der Waals surface area contributed by atoms with E-state index in [4.69, 9.17) is 12.2 Å². The Labute approximate surface area is 266 Å². The maximum absolute atomic E-state index is 14.1. The third-order valence-corrected chi connectivity index (χ3v) is 8.52. The highest BCUT2D eigenvalue weighted by atomic mass is 32.2. The van der Waals surface area contributed by atoms with E-state index in [9.17, 15) is 17.6 Å². The molecule has 2 unspecified atom stereocenters. The van der Waals surface area contributed by atoms with Crippen LogP contribution in [0.25, 0.3) is 17.1 Å². The molecular formula is C31H27F4N7OS2. The van der Waals surface area contributed by atoms with Gasteiger partial charge in [-0.3, -0.25) is 10.3 Å². The number of amidine groups is 1. The highest BCUT2D eigenvalue weighted by Crippen LogP contribution is 2.43. The van der Waals surface area contributed by atoms with E-state index in [0.29, 0.717) is 16.7 Å². The van der Waals surface area contributed by atoms with Crippen LogP contribution in [0.2, 0.25) is 0 Å². The number of fused-ring (bicyclic) bond motifs is 3. The van der Waals surface area contributed by atoms with Crippen molar-refractivity contribution in [1.82, 2.24) is 25.6 Å². The lowest BCUT2D eigenvalue weighted by Crippen LogP contribution is -2.39. The number of rotatable bonds is 7. The van der Waals surface area contributed by atoms with Crippen molar-refractivity contribution in [2.24, 2.45) is 4.99 Å². The van der Waals surface area contributed by atoms with Crippen molar-refractivity contribution < 1.29 is 22.3 Å². The first-order chi connectivity index (χ1) is 21.6. The van der Waals surface area contributed by atoms with Crippen LogP contribution in [0.1, 0.15) is 43.4 Å². The maximum atomic E-state index is 14.1. The van der Waals surface area contributed by atoms with Gasteiger partial charge < -0.3 is 4.74 Å². The number of aromatic nitrogens is 3. The van der Waals surface area contributed by atoms with Gasteiger partial charge in [-0.1, -0.05) is 62.0 Å². The second kappa shape index (κ2) is 12.6. The number of halogens is 4. The molecular weight excluding hydrogens is 627 g/mol. The first-order valence-electron chi connectivity index (χ1n) is 14.0.